The third-order valence-corrected chi connectivity index (χ3v) is 6.43. The van der Waals surface area contributed by atoms with E-state index >= 15 is 0 Å². The zero-order chi connectivity index (χ0) is 29.3. The van der Waals surface area contributed by atoms with Gasteiger partial charge in [-0.05, 0) is 24.3 Å². The molecule has 1 unspecified atom stereocenters. The van der Waals surface area contributed by atoms with Gasteiger partial charge in [-0.1, -0.05) is 6.07 Å². The van der Waals surface area contributed by atoms with E-state index in [1.54, 1.807) is 12.1 Å². The third-order valence-electron chi connectivity index (χ3n) is 6.43. The zero-order valence-electron chi connectivity index (χ0n) is 21.8. The topological polar surface area (TPSA) is 185 Å². The molecule has 210 valence electrons. The van der Waals surface area contributed by atoms with Crippen molar-refractivity contribution in [2.24, 2.45) is 0 Å². The van der Waals surface area contributed by atoms with E-state index < -0.39 is 63.6 Å². The minimum absolute atomic E-state index is 0.00574. The second-order valence-corrected chi connectivity index (χ2v) is 8.60. The molecule has 0 aliphatic rings. The van der Waals surface area contributed by atoms with Crippen molar-refractivity contribution in [2.75, 3.05) is 28.4 Å². The molecule has 1 heterocycles. The fourth-order valence-electron chi connectivity index (χ4n) is 4.56. The molecule has 4 aromatic rings. The molecule has 12 heteroatoms. The summed E-state index contributed by atoms with van der Waals surface area (Å²) in [6, 6.07) is 7.42. The molecule has 3 aromatic carbocycles. The number of phenols is 4. The first-order valence-corrected chi connectivity index (χ1v) is 11.7. The van der Waals surface area contributed by atoms with Crippen LogP contribution >= 0.6 is 0 Å². The van der Waals surface area contributed by atoms with Crippen LogP contribution in [0, 0.1) is 0 Å². The first-order valence-electron chi connectivity index (χ1n) is 11.7. The molecular formula is C28H26O12. The lowest BCUT2D eigenvalue weighted by molar-refractivity contribution is -0.140. The Morgan fingerprint density at radius 3 is 2.12 bits per heavy atom. The fourth-order valence-corrected chi connectivity index (χ4v) is 4.56. The monoisotopic (exact) mass is 554 g/mol. The van der Waals surface area contributed by atoms with Gasteiger partial charge in [0, 0.05) is 28.7 Å². The van der Waals surface area contributed by atoms with Crippen LogP contribution in [0.2, 0.25) is 0 Å². The Morgan fingerprint density at radius 1 is 0.825 bits per heavy atom. The molecule has 12 nitrogen and oxygen atoms in total. The maximum atomic E-state index is 13.3. The number of hydrogen-bond donors (Lipinski definition) is 5. The lowest BCUT2D eigenvalue weighted by atomic mass is 9.85. The third kappa shape index (κ3) is 4.59. The van der Waals surface area contributed by atoms with Crippen LogP contribution < -0.4 is 19.6 Å². The summed E-state index contributed by atoms with van der Waals surface area (Å²) in [5, 5.41) is 51.6. The standard InChI is InChI=1S/C28H26O12/c1-36-19-8-6-13(26(38-3)27(19)39-4)14(10-20(33)37-2)21-17(31)11-18(32)22-23(34)24(35)25(40-28(21)22)12-5-7-15(29)16(30)9-12/h5-9,11,14,29-32,35H,10H2,1-4H3. The van der Waals surface area contributed by atoms with Crippen molar-refractivity contribution in [1.29, 1.82) is 0 Å². The zero-order valence-corrected chi connectivity index (χ0v) is 21.8. The molecule has 0 radical (unpaired) electrons. The van der Waals surface area contributed by atoms with Gasteiger partial charge in [-0.25, -0.2) is 0 Å². The maximum Gasteiger partial charge on any atom is 0.306 e. The predicted molar refractivity (Wildman–Crippen MR) is 141 cm³/mol. The molecule has 0 saturated heterocycles. The van der Waals surface area contributed by atoms with Crippen LogP contribution in [0.25, 0.3) is 22.3 Å². The summed E-state index contributed by atoms with van der Waals surface area (Å²) in [5.74, 6) is -4.79. The lowest BCUT2D eigenvalue weighted by Crippen LogP contribution is -2.14. The summed E-state index contributed by atoms with van der Waals surface area (Å²) in [6.07, 6.45) is -0.393. The van der Waals surface area contributed by atoms with Crippen molar-refractivity contribution in [3.63, 3.8) is 0 Å². The number of ether oxygens (including phenoxy) is 4. The molecule has 0 aliphatic heterocycles. The SMILES string of the molecule is COC(=O)CC(c1ccc(OC)c(OC)c1OC)c1c(O)cc(O)c2c(=O)c(O)c(-c3ccc(O)c(O)c3)oc12. The molecule has 5 N–H and O–H groups in total. The number of carbonyl (C=O) groups excluding carboxylic acids is 1. The van der Waals surface area contributed by atoms with Gasteiger partial charge < -0.3 is 48.9 Å². The van der Waals surface area contributed by atoms with E-state index in [1.807, 2.05) is 0 Å². The molecule has 0 bridgehead atoms. The van der Waals surface area contributed by atoms with Crippen LogP contribution in [0.1, 0.15) is 23.5 Å². The van der Waals surface area contributed by atoms with Crippen LogP contribution in [-0.4, -0.2) is 59.9 Å². The molecule has 4 rings (SSSR count). The largest absolute Gasteiger partial charge is 0.507 e. The van der Waals surface area contributed by atoms with E-state index in [4.69, 9.17) is 23.4 Å². The minimum atomic E-state index is -1.11. The molecule has 1 aromatic heterocycles. The number of fused-ring (bicyclic) bond motifs is 1. The number of methoxy groups -OCH3 is 4. The van der Waals surface area contributed by atoms with E-state index in [2.05, 4.69) is 0 Å². The summed E-state index contributed by atoms with van der Waals surface area (Å²) >= 11 is 0. The highest BCUT2D eigenvalue weighted by Crippen LogP contribution is 2.50. The summed E-state index contributed by atoms with van der Waals surface area (Å²) in [7, 11) is 5.34. The number of aromatic hydroxyl groups is 5. The van der Waals surface area contributed by atoms with Gasteiger partial charge in [-0.3, -0.25) is 9.59 Å². The maximum absolute atomic E-state index is 13.3. The highest BCUT2D eigenvalue weighted by atomic mass is 16.5. The summed E-state index contributed by atoms with van der Waals surface area (Å²) < 4.78 is 27.2. The average molecular weight is 555 g/mol. The molecule has 0 saturated carbocycles. The second kappa shape index (κ2) is 10.8. The van der Waals surface area contributed by atoms with Crippen molar-refractivity contribution in [2.45, 2.75) is 12.3 Å². The highest BCUT2D eigenvalue weighted by molar-refractivity contribution is 5.92. The second-order valence-electron chi connectivity index (χ2n) is 8.60. The Morgan fingerprint density at radius 2 is 1.52 bits per heavy atom. The van der Waals surface area contributed by atoms with E-state index in [9.17, 15) is 35.1 Å². The van der Waals surface area contributed by atoms with Crippen molar-refractivity contribution < 1.29 is 53.7 Å². The van der Waals surface area contributed by atoms with E-state index in [-0.39, 0.29) is 28.2 Å². The van der Waals surface area contributed by atoms with Crippen LogP contribution in [-0.2, 0) is 9.53 Å². The first-order chi connectivity index (χ1) is 19.1. The van der Waals surface area contributed by atoms with Gasteiger partial charge in [-0.15, -0.1) is 0 Å². The Labute approximate surface area is 226 Å². The average Bonchev–Trinajstić information content (AvgIpc) is 2.94. The number of hydrogen-bond acceptors (Lipinski definition) is 12. The molecule has 40 heavy (non-hydrogen) atoms. The van der Waals surface area contributed by atoms with Crippen LogP contribution in [0.3, 0.4) is 0 Å². The van der Waals surface area contributed by atoms with Crippen molar-refractivity contribution in [1.82, 2.24) is 0 Å². The molecule has 0 fully saturated rings. The number of carbonyl (C=O) groups is 1. The first kappa shape index (κ1) is 27.8. The quantitative estimate of drug-likeness (QED) is 0.157. The van der Waals surface area contributed by atoms with Crippen molar-refractivity contribution in [3.8, 4) is 57.3 Å². The predicted octanol–water partition coefficient (Wildman–Crippen LogP) is 3.71. The molecule has 1 atom stereocenters. The van der Waals surface area contributed by atoms with E-state index in [0.29, 0.717) is 11.3 Å². The van der Waals surface area contributed by atoms with Gasteiger partial charge in [0.05, 0.1) is 34.9 Å². The Kier molecular flexibility index (Phi) is 7.53. The summed E-state index contributed by atoms with van der Waals surface area (Å²) in [5.41, 5.74) is -1.25. The highest BCUT2D eigenvalue weighted by Gasteiger charge is 2.33. The van der Waals surface area contributed by atoms with Crippen molar-refractivity contribution >= 4 is 16.9 Å². The summed E-state index contributed by atoms with van der Waals surface area (Å²) in [6.45, 7) is 0. The van der Waals surface area contributed by atoms with Crippen LogP contribution in [0.5, 0.6) is 46.0 Å². The lowest BCUT2D eigenvalue weighted by Gasteiger charge is -2.24. The van der Waals surface area contributed by atoms with Crippen molar-refractivity contribution in [3.05, 3.63) is 57.7 Å². The molecular weight excluding hydrogens is 528 g/mol. The minimum Gasteiger partial charge on any atom is -0.507 e. The summed E-state index contributed by atoms with van der Waals surface area (Å²) in [4.78, 5) is 25.9. The van der Waals surface area contributed by atoms with Gasteiger partial charge >= 0.3 is 5.97 Å². The Balaban J connectivity index is 2.14. The van der Waals surface area contributed by atoms with Gasteiger partial charge in [0.2, 0.25) is 16.9 Å². The van der Waals surface area contributed by atoms with E-state index in [0.717, 1.165) is 18.2 Å². The molecule has 0 spiro atoms. The molecule has 0 aliphatic carbocycles. The van der Waals surface area contributed by atoms with Crippen LogP contribution in [0.15, 0.2) is 45.6 Å². The number of rotatable bonds is 8. The number of benzene rings is 3. The smallest absolute Gasteiger partial charge is 0.306 e. The normalized spacial score (nSPS) is 11.7. The Bertz CT molecular complexity index is 1670. The van der Waals surface area contributed by atoms with Gasteiger partial charge in [0.15, 0.2) is 28.8 Å². The number of esters is 1. The van der Waals surface area contributed by atoms with Gasteiger partial charge in [-0.2, -0.15) is 0 Å². The Hall–Kier alpha value is -5.26. The van der Waals surface area contributed by atoms with Gasteiger partial charge in [0.1, 0.15) is 22.5 Å². The van der Waals surface area contributed by atoms with E-state index in [1.165, 1.54) is 34.5 Å². The molecule has 0 amide bonds. The van der Waals surface area contributed by atoms with Gasteiger partial charge in [0.25, 0.3) is 0 Å². The fraction of sp³-hybridized carbons (Fsp3) is 0.214. The van der Waals surface area contributed by atoms with Crippen LogP contribution in [0.4, 0.5) is 0 Å². The number of phenolic OH excluding ortho intramolecular Hbond substituents is 4.